The highest BCUT2D eigenvalue weighted by Crippen LogP contribution is 2.26. The van der Waals surface area contributed by atoms with E-state index in [2.05, 4.69) is 0 Å². The summed E-state index contributed by atoms with van der Waals surface area (Å²) in [6.45, 7) is 0.0205. The first-order chi connectivity index (χ1) is 25.7. The fourth-order valence-corrected chi connectivity index (χ4v) is 7.21. The third kappa shape index (κ3) is 8.98. The zero-order valence-electron chi connectivity index (χ0n) is 29.1. The number of carbonyl (C=O) groups is 1. The van der Waals surface area contributed by atoms with Gasteiger partial charge in [0.15, 0.2) is 0 Å². The molecule has 1 unspecified atom stereocenters. The van der Waals surface area contributed by atoms with Gasteiger partial charge in [-0.15, -0.1) is 0 Å². The number of likely N-dealkylation sites (N-methyl/N-ethyl adjacent to an activating group) is 1. The number of rotatable bonds is 16. The van der Waals surface area contributed by atoms with Gasteiger partial charge in [0, 0.05) is 13.6 Å². The molecular formula is C41H39N3O8S. The van der Waals surface area contributed by atoms with Crippen LogP contribution >= 0.6 is 0 Å². The Balaban J connectivity index is 1.22. The average Bonchev–Trinajstić information content (AvgIpc) is 3.19. The molecule has 1 heterocycles. The van der Waals surface area contributed by atoms with Gasteiger partial charge in [0.05, 0.1) is 22.4 Å². The predicted molar refractivity (Wildman–Crippen MR) is 201 cm³/mol. The molecule has 53 heavy (non-hydrogen) atoms. The number of fused-ring (bicyclic) bond motifs is 1. The smallest absolute Gasteiger partial charge is 0.333 e. The third-order valence-electron chi connectivity index (χ3n) is 8.74. The van der Waals surface area contributed by atoms with Gasteiger partial charge in [-0.3, -0.25) is 18.7 Å². The van der Waals surface area contributed by atoms with Crippen LogP contribution in [0.4, 0.5) is 0 Å². The summed E-state index contributed by atoms with van der Waals surface area (Å²) >= 11 is 0. The molecule has 5 aromatic carbocycles. The number of sulfonamides is 1. The van der Waals surface area contributed by atoms with Gasteiger partial charge >= 0.3 is 11.7 Å². The highest BCUT2D eigenvalue weighted by atomic mass is 32.2. The van der Waals surface area contributed by atoms with Gasteiger partial charge in [-0.05, 0) is 72.5 Å². The summed E-state index contributed by atoms with van der Waals surface area (Å²) < 4.78 is 48.6. The lowest BCUT2D eigenvalue weighted by Crippen LogP contribution is -2.44. The van der Waals surface area contributed by atoms with E-state index in [1.165, 1.54) is 35.9 Å². The minimum atomic E-state index is -4.21. The van der Waals surface area contributed by atoms with Crippen molar-refractivity contribution in [3.8, 4) is 11.5 Å². The number of hydrogen-bond acceptors (Lipinski definition) is 8. The monoisotopic (exact) mass is 733 g/mol. The first-order valence-corrected chi connectivity index (χ1v) is 18.5. The fraction of sp³-hybridized carbons (Fsp3) is 0.195. The van der Waals surface area contributed by atoms with Crippen LogP contribution in [0, 0.1) is 0 Å². The summed E-state index contributed by atoms with van der Waals surface area (Å²) in [7, 11) is -2.89. The molecular weight excluding hydrogens is 695 g/mol. The number of hydrogen-bond donors (Lipinski definition) is 0. The second kappa shape index (κ2) is 17.1. The van der Waals surface area contributed by atoms with Crippen molar-refractivity contribution in [2.45, 2.75) is 50.3 Å². The number of esters is 1. The topological polar surface area (TPSA) is 126 Å². The van der Waals surface area contributed by atoms with Crippen molar-refractivity contribution < 1.29 is 27.4 Å². The number of ether oxygens (including phenoxy) is 3. The van der Waals surface area contributed by atoms with Crippen molar-refractivity contribution in [2.24, 2.45) is 0 Å². The molecule has 0 spiro atoms. The predicted octanol–water partition coefficient (Wildman–Crippen LogP) is 6.34. The van der Waals surface area contributed by atoms with Gasteiger partial charge in [0.25, 0.3) is 5.56 Å². The van der Waals surface area contributed by atoms with Crippen molar-refractivity contribution in [1.29, 1.82) is 0 Å². The molecule has 0 aliphatic heterocycles. The van der Waals surface area contributed by atoms with Crippen LogP contribution in [0.25, 0.3) is 10.9 Å². The molecule has 272 valence electrons. The van der Waals surface area contributed by atoms with Crippen LogP contribution in [-0.2, 0) is 50.8 Å². The van der Waals surface area contributed by atoms with E-state index in [4.69, 9.17) is 14.2 Å². The summed E-state index contributed by atoms with van der Waals surface area (Å²) in [5.41, 5.74) is 1.02. The Kier molecular flexibility index (Phi) is 11.9. The summed E-state index contributed by atoms with van der Waals surface area (Å²) in [6, 6.07) is 39.1. The van der Waals surface area contributed by atoms with E-state index in [1.54, 1.807) is 48.5 Å². The molecule has 0 amide bonds. The number of aromatic nitrogens is 2. The van der Waals surface area contributed by atoms with Gasteiger partial charge in [-0.1, -0.05) is 91.0 Å². The lowest BCUT2D eigenvalue weighted by atomic mass is 10.1. The van der Waals surface area contributed by atoms with E-state index in [-0.39, 0.29) is 44.2 Å². The maximum atomic E-state index is 13.9. The minimum Gasteiger partial charge on any atom is -0.460 e. The van der Waals surface area contributed by atoms with E-state index in [0.29, 0.717) is 22.4 Å². The van der Waals surface area contributed by atoms with E-state index < -0.39 is 33.3 Å². The Morgan fingerprint density at radius 2 is 1.26 bits per heavy atom. The van der Waals surface area contributed by atoms with E-state index in [1.807, 2.05) is 66.7 Å². The average molecular weight is 734 g/mol. The molecule has 0 fully saturated rings. The van der Waals surface area contributed by atoms with Gasteiger partial charge in [0.2, 0.25) is 10.0 Å². The molecule has 1 atom stereocenters. The molecule has 0 radical (unpaired) electrons. The Bertz CT molecular complexity index is 2360. The van der Waals surface area contributed by atoms with Crippen molar-refractivity contribution in [3.05, 3.63) is 171 Å². The van der Waals surface area contributed by atoms with E-state index in [9.17, 15) is 22.8 Å². The second-order valence-corrected chi connectivity index (χ2v) is 14.3. The molecule has 12 heteroatoms. The van der Waals surface area contributed by atoms with Crippen molar-refractivity contribution >= 4 is 26.9 Å². The van der Waals surface area contributed by atoms with Gasteiger partial charge in [0.1, 0.15) is 30.9 Å². The molecule has 0 N–H and O–H groups in total. The molecule has 0 bridgehead atoms. The normalized spacial score (nSPS) is 12.1. The molecule has 0 saturated heterocycles. The third-order valence-corrected chi connectivity index (χ3v) is 10.6. The Morgan fingerprint density at radius 3 is 1.92 bits per heavy atom. The lowest BCUT2D eigenvalue weighted by molar-refractivity contribution is -0.149. The number of carbonyl (C=O) groups excluding carboxylic acids is 1. The highest BCUT2D eigenvalue weighted by Gasteiger charge is 2.34. The Labute approximate surface area is 307 Å². The summed E-state index contributed by atoms with van der Waals surface area (Å²) in [6.07, 6.45) is 0.0644. The van der Waals surface area contributed by atoms with Crippen LogP contribution in [0.1, 0.15) is 24.0 Å². The molecule has 0 aliphatic carbocycles. The number of benzene rings is 5. The second-order valence-electron chi connectivity index (χ2n) is 12.3. The maximum Gasteiger partial charge on any atom is 0.333 e. The largest absolute Gasteiger partial charge is 0.460 e. The van der Waals surface area contributed by atoms with Crippen LogP contribution in [0.5, 0.6) is 11.5 Å². The van der Waals surface area contributed by atoms with Gasteiger partial charge < -0.3 is 14.2 Å². The standard InChI is InChI=1S/C41H39N3O8S/c1-42(53(48,49)35-25-23-34(24-26-35)52-33-18-9-4-10-19-33)38(40(46)51-29-32-16-7-3-8-17-32)22-13-27-43-39(45)36-20-11-12-21-37(36)44(41(43)47)30-50-28-31-14-5-2-6-15-31/h2-12,14-21,23-26,38H,13,22,27-30H2,1H3. The van der Waals surface area contributed by atoms with Crippen molar-refractivity contribution in [2.75, 3.05) is 7.05 Å². The molecule has 11 nitrogen and oxygen atoms in total. The van der Waals surface area contributed by atoms with E-state index in [0.717, 1.165) is 20.0 Å². The van der Waals surface area contributed by atoms with Gasteiger partial charge in [-0.2, -0.15) is 4.31 Å². The van der Waals surface area contributed by atoms with Crippen molar-refractivity contribution in [3.63, 3.8) is 0 Å². The van der Waals surface area contributed by atoms with Crippen LogP contribution in [0.2, 0.25) is 0 Å². The lowest BCUT2D eigenvalue weighted by Gasteiger charge is -2.26. The summed E-state index contributed by atoms with van der Waals surface area (Å²) in [5, 5.41) is 0.327. The summed E-state index contributed by atoms with van der Waals surface area (Å²) in [5.74, 6) is 0.272. The first-order valence-electron chi connectivity index (χ1n) is 17.1. The highest BCUT2D eigenvalue weighted by molar-refractivity contribution is 7.89. The van der Waals surface area contributed by atoms with Gasteiger partial charge in [-0.25, -0.2) is 13.2 Å². The zero-order valence-corrected chi connectivity index (χ0v) is 29.9. The minimum absolute atomic E-state index is 0.0399. The van der Waals surface area contributed by atoms with Crippen LogP contribution in [-0.4, -0.2) is 40.9 Å². The fourth-order valence-electron chi connectivity index (χ4n) is 5.88. The Hall–Kier alpha value is -5.82. The molecule has 6 aromatic rings. The molecule has 1 aromatic heterocycles. The summed E-state index contributed by atoms with van der Waals surface area (Å²) in [4.78, 5) is 40.9. The quantitative estimate of drug-likeness (QED) is 0.106. The molecule has 0 aliphatic rings. The van der Waals surface area contributed by atoms with Crippen LogP contribution in [0.15, 0.2) is 154 Å². The van der Waals surface area contributed by atoms with E-state index >= 15 is 0 Å². The van der Waals surface area contributed by atoms with Crippen LogP contribution in [0.3, 0.4) is 0 Å². The first kappa shape index (κ1) is 37.0. The SMILES string of the molecule is CN(C(CCCn1c(=O)c2ccccc2n(COCc2ccccc2)c1=O)C(=O)OCc1ccccc1)S(=O)(=O)c1ccc(Oc2ccccc2)cc1. The number of para-hydroxylation sites is 2. The Morgan fingerprint density at radius 1 is 0.698 bits per heavy atom. The number of nitrogens with zero attached hydrogens (tertiary/aromatic N) is 3. The maximum absolute atomic E-state index is 13.9. The van der Waals surface area contributed by atoms with Crippen LogP contribution < -0.4 is 16.0 Å². The molecule has 6 rings (SSSR count). The van der Waals surface area contributed by atoms with Crippen molar-refractivity contribution in [1.82, 2.24) is 13.4 Å². The zero-order chi connectivity index (χ0) is 37.2. The molecule has 0 saturated carbocycles.